The fourth-order valence-electron chi connectivity index (χ4n) is 8.91. The van der Waals surface area contributed by atoms with Crippen LogP contribution >= 0.6 is 0 Å². The summed E-state index contributed by atoms with van der Waals surface area (Å²) in [5.74, 6) is 1.42. The molecule has 9 rings (SSSR count). The summed E-state index contributed by atoms with van der Waals surface area (Å²) in [6.07, 6.45) is 2.26. The molecular weight excluding hydrogens is 659 g/mol. The van der Waals surface area contributed by atoms with Crippen LogP contribution in [0.1, 0.15) is 60.1 Å². The van der Waals surface area contributed by atoms with Crippen molar-refractivity contribution in [1.82, 2.24) is 9.97 Å². The van der Waals surface area contributed by atoms with Gasteiger partial charge in [0.1, 0.15) is 5.75 Å². The van der Waals surface area contributed by atoms with Gasteiger partial charge in [0.15, 0.2) is 5.82 Å². The van der Waals surface area contributed by atoms with Gasteiger partial charge in [0.05, 0.1) is 16.8 Å². The normalized spacial score (nSPS) is 18.6. The first-order valence-electron chi connectivity index (χ1n) is 18.5. The predicted octanol–water partition coefficient (Wildman–Crippen LogP) is 11.6. The molecule has 4 heteroatoms. The minimum absolute atomic E-state index is 0.194. The minimum Gasteiger partial charge on any atom is -0.508 e. The van der Waals surface area contributed by atoms with Crippen LogP contribution in [0.2, 0.25) is 0 Å². The van der Waals surface area contributed by atoms with E-state index in [9.17, 15) is 5.11 Å². The zero-order valence-electron chi connectivity index (χ0n) is 30.8. The Morgan fingerprint density at radius 1 is 0.630 bits per heavy atom. The van der Waals surface area contributed by atoms with Crippen molar-refractivity contribution >= 4 is 5.71 Å². The average Bonchev–Trinajstić information content (AvgIpc) is 3.48. The number of aliphatic imine (C=N–C) groups is 1. The van der Waals surface area contributed by atoms with Crippen LogP contribution in [0.15, 0.2) is 156 Å². The summed E-state index contributed by atoms with van der Waals surface area (Å²) in [7, 11) is 0. The minimum atomic E-state index is -0.843. The third-order valence-corrected chi connectivity index (χ3v) is 11.2. The number of hydrogen-bond donors (Lipinski definition) is 1. The van der Waals surface area contributed by atoms with Gasteiger partial charge >= 0.3 is 0 Å². The SMILES string of the molecule is CC1=CC(C)C(c2cccc(-c3cc(-c4ccc5c(c4)C(c4c#cccc4C)(c4ccccc4O)c4ccccc4-5)nc(-c4ccccc4)n3)c2)C(C)=N1. The van der Waals surface area contributed by atoms with Gasteiger partial charge in [-0.25, -0.2) is 9.97 Å². The van der Waals surface area contributed by atoms with E-state index in [-0.39, 0.29) is 11.7 Å². The third kappa shape index (κ3) is 5.35. The van der Waals surface area contributed by atoms with Crippen molar-refractivity contribution in [2.24, 2.45) is 10.9 Å². The number of aromatic nitrogens is 2. The van der Waals surface area contributed by atoms with Gasteiger partial charge in [-0.1, -0.05) is 128 Å². The molecule has 1 aliphatic heterocycles. The number of para-hydroxylation sites is 1. The maximum atomic E-state index is 11.7. The number of rotatable bonds is 6. The van der Waals surface area contributed by atoms with Gasteiger partial charge in [0.25, 0.3) is 0 Å². The van der Waals surface area contributed by atoms with Gasteiger partial charge in [-0.2, -0.15) is 0 Å². The van der Waals surface area contributed by atoms with E-state index < -0.39 is 5.41 Å². The van der Waals surface area contributed by atoms with Crippen molar-refractivity contribution in [3.63, 3.8) is 0 Å². The molecule has 0 saturated heterocycles. The van der Waals surface area contributed by atoms with E-state index in [1.807, 2.05) is 42.5 Å². The van der Waals surface area contributed by atoms with Gasteiger partial charge < -0.3 is 5.11 Å². The van der Waals surface area contributed by atoms with Crippen molar-refractivity contribution in [2.45, 2.75) is 39.0 Å². The Labute approximate surface area is 317 Å². The summed E-state index contributed by atoms with van der Waals surface area (Å²) >= 11 is 0. The Balaban J connectivity index is 1.27. The molecule has 0 saturated carbocycles. The molecule has 4 nitrogen and oxygen atoms in total. The first-order valence-corrected chi connectivity index (χ1v) is 18.5. The number of nitrogens with zero attached hydrogens (tertiary/aromatic N) is 3. The molecule has 3 unspecified atom stereocenters. The number of phenolic OH excluding ortho intramolecular Hbond substituents is 1. The van der Waals surface area contributed by atoms with Gasteiger partial charge in [0.2, 0.25) is 0 Å². The highest BCUT2D eigenvalue weighted by molar-refractivity contribution is 5.92. The maximum absolute atomic E-state index is 11.7. The highest BCUT2D eigenvalue weighted by atomic mass is 16.3. The Morgan fingerprint density at radius 3 is 2.07 bits per heavy atom. The summed E-state index contributed by atoms with van der Waals surface area (Å²) in [5, 5.41) is 11.7. The summed E-state index contributed by atoms with van der Waals surface area (Å²) in [6, 6.07) is 54.6. The molecule has 3 atom stereocenters. The molecule has 260 valence electrons. The zero-order chi connectivity index (χ0) is 37.0. The van der Waals surface area contributed by atoms with Crippen molar-refractivity contribution in [3.05, 3.63) is 197 Å². The molecular formula is C50H39N3O. The van der Waals surface area contributed by atoms with Gasteiger partial charge in [0, 0.05) is 45.1 Å². The van der Waals surface area contributed by atoms with Gasteiger partial charge in [-0.15, -0.1) is 0 Å². The summed E-state index contributed by atoms with van der Waals surface area (Å²) in [4.78, 5) is 15.3. The molecule has 2 aliphatic rings. The number of aromatic hydroxyl groups is 1. The lowest BCUT2D eigenvalue weighted by Gasteiger charge is -2.34. The number of hydrogen-bond acceptors (Lipinski definition) is 4. The van der Waals surface area contributed by atoms with E-state index >= 15 is 0 Å². The molecule has 1 N–H and O–H groups in total. The van der Waals surface area contributed by atoms with Crippen molar-refractivity contribution in [2.75, 3.05) is 0 Å². The van der Waals surface area contributed by atoms with Crippen LogP contribution < -0.4 is 0 Å². The standard InChI is InChI=1S/C50H39N3O/c1-31-15-8-10-21-41(31)50(43-23-12-13-24-47(43)54)42-22-11-9-20-39(42)40-26-25-37(29-44(40)50)46-30-45(52-49(53-46)35-16-6-5-7-17-35)36-18-14-19-38(28-36)48-32(2)27-33(3)51-34(48)4/h5-9,11-20,22-30,32,48,54H,1-4H3. The second-order valence-electron chi connectivity index (χ2n) is 14.6. The summed E-state index contributed by atoms with van der Waals surface area (Å²) < 4.78 is 0. The Hall–Kier alpha value is -6.57. The molecule has 0 spiro atoms. The number of benzene rings is 5. The smallest absolute Gasteiger partial charge is 0.160 e. The van der Waals surface area contributed by atoms with Crippen LogP contribution in [0.3, 0.4) is 0 Å². The van der Waals surface area contributed by atoms with E-state index in [1.54, 1.807) is 6.07 Å². The largest absolute Gasteiger partial charge is 0.508 e. The Kier molecular flexibility index (Phi) is 8.09. The van der Waals surface area contributed by atoms with E-state index in [0.717, 1.165) is 78.4 Å². The topological polar surface area (TPSA) is 58.4 Å². The van der Waals surface area contributed by atoms with Gasteiger partial charge in [-0.05, 0) is 96.5 Å². The van der Waals surface area contributed by atoms with E-state index in [0.29, 0.717) is 11.7 Å². The lowest BCUT2D eigenvalue weighted by molar-refractivity contribution is 0.461. The molecule has 2 heterocycles. The maximum Gasteiger partial charge on any atom is 0.160 e. The van der Waals surface area contributed by atoms with Crippen LogP contribution in [-0.4, -0.2) is 20.8 Å². The molecule has 0 amide bonds. The van der Waals surface area contributed by atoms with Crippen molar-refractivity contribution < 1.29 is 5.11 Å². The third-order valence-electron chi connectivity index (χ3n) is 11.2. The van der Waals surface area contributed by atoms with E-state index in [4.69, 9.17) is 15.0 Å². The van der Waals surface area contributed by atoms with Crippen LogP contribution in [0.25, 0.3) is 45.0 Å². The lowest BCUT2D eigenvalue weighted by atomic mass is 9.66. The van der Waals surface area contributed by atoms with Crippen LogP contribution in [0, 0.1) is 25.0 Å². The second kappa shape index (κ2) is 13.1. The fourth-order valence-corrected chi connectivity index (χ4v) is 8.91. The Morgan fingerprint density at radius 2 is 1.31 bits per heavy atom. The van der Waals surface area contributed by atoms with Crippen LogP contribution in [0.4, 0.5) is 0 Å². The monoisotopic (exact) mass is 697 g/mol. The number of allylic oxidation sites excluding steroid dienone is 2. The lowest BCUT2D eigenvalue weighted by Crippen LogP contribution is -2.29. The molecule has 1 aromatic heterocycles. The molecule has 0 bridgehead atoms. The van der Waals surface area contributed by atoms with Crippen LogP contribution in [0.5, 0.6) is 5.75 Å². The number of phenols is 1. The molecule has 0 fully saturated rings. The fraction of sp³-hybridized carbons (Fsp3) is 0.140. The first kappa shape index (κ1) is 33.3. The summed E-state index contributed by atoms with van der Waals surface area (Å²) in [6.45, 7) is 8.59. The molecule has 6 aromatic carbocycles. The highest BCUT2D eigenvalue weighted by Crippen LogP contribution is 2.58. The quantitative estimate of drug-likeness (QED) is 0.188. The molecule has 7 aromatic rings. The summed E-state index contributed by atoms with van der Waals surface area (Å²) in [5.41, 5.74) is 14.4. The molecule has 54 heavy (non-hydrogen) atoms. The highest BCUT2D eigenvalue weighted by Gasteiger charge is 2.48. The predicted molar refractivity (Wildman–Crippen MR) is 218 cm³/mol. The second-order valence-corrected chi connectivity index (χ2v) is 14.6. The van der Waals surface area contributed by atoms with Gasteiger partial charge in [-0.3, -0.25) is 4.99 Å². The van der Waals surface area contributed by atoms with E-state index in [1.165, 1.54) is 5.56 Å². The van der Waals surface area contributed by atoms with Crippen molar-refractivity contribution in [1.29, 1.82) is 0 Å². The molecule has 1 aliphatic carbocycles. The van der Waals surface area contributed by atoms with Crippen molar-refractivity contribution in [3.8, 4) is 50.8 Å². The zero-order valence-corrected chi connectivity index (χ0v) is 30.8. The number of aryl methyl sites for hydroxylation is 1. The first-order chi connectivity index (χ1) is 26.3. The average molecular weight is 698 g/mol. The Bertz CT molecular complexity index is 2590. The van der Waals surface area contributed by atoms with Crippen LogP contribution in [-0.2, 0) is 5.41 Å². The van der Waals surface area contributed by atoms with E-state index in [2.05, 4.69) is 137 Å². The number of fused-ring (bicyclic) bond motifs is 3. The molecule has 0 radical (unpaired) electrons.